The third-order valence-corrected chi connectivity index (χ3v) is 6.92. The minimum Gasteiger partial charge on any atom is -0.360 e. The Hall–Kier alpha value is -2.26. The predicted octanol–water partition coefficient (Wildman–Crippen LogP) is 2.78. The molecule has 1 amide bonds. The fourth-order valence-electron chi connectivity index (χ4n) is 3.29. The van der Waals surface area contributed by atoms with Gasteiger partial charge in [0.25, 0.3) is 0 Å². The first-order chi connectivity index (χ1) is 12.7. The van der Waals surface area contributed by atoms with Crippen LogP contribution >= 0.6 is 0 Å². The van der Waals surface area contributed by atoms with E-state index in [1.165, 1.54) is 16.4 Å². The van der Waals surface area contributed by atoms with Crippen LogP contribution < -0.4 is 5.32 Å². The Morgan fingerprint density at radius 2 is 1.93 bits per heavy atom. The average Bonchev–Trinajstić information content (AvgIpc) is 2.96. The van der Waals surface area contributed by atoms with Crippen LogP contribution in [0.2, 0.25) is 0 Å². The number of anilines is 1. The van der Waals surface area contributed by atoms with Gasteiger partial charge in [-0.25, -0.2) is 12.8 Å². The Balaban J connectivity index is 1.65. The van der Waals surface area contributed by atoms with Crippen LogP contribution in [-0.2, 0) is 14.8 Å². The molecule has 0 bridgehead atoms. The van der Waals surface area contributed by atoms with Gasteiger partial charge in [0.2, 0.25) is 15.9 Å². The monoisotopic (exact) mass is 395 g/mol. The summed E-state index contributed by atoms with van der Waals surface area (Å²) in [4.78, 5) is 12.5. The standard InChI is InChI=1S/C18H22FN3O4S/c1-11-4-5-16(15(19)10-11)20-18(23)14-6-8-22(9-7-14)27(24,25)17-12(2)21-26-13(17)3/h4-5,10,14H,6-9H2,1-3H3,(H,20,23). The number of rotatable bonds is 4. The van der Waals surface area contributed by atoms with Gasteiger partial charge in [0, 0.05) is 19.0 Å². The van der Waals surface area contributed by atoms with Crippen molar-refractivity contribution in [1.29, 1.82) is 0 Å². The number of nitrogens with one attached hydrogen (secondary N) is 1. The fourth-order valence-corrected chi connectivity index (χ4v) is 5.05. The van der Waals surface area contributed by atoms with Gasteiger partial charge in [-0.2, -0.15) is 4.31 Å². The van der Waals surface area contributed by atoms with E-state index in [4.69, 9.17) is 4.52 Å². The van der Waals surface area contributed by atoms with Crippen LogP contribution in [0.4, 0.5) is 10.1 Å². The van der Waals surface area contributed by atoms with E-state index in [-0.39, 0.29) is 41.3 Å². The van der Waals surface area contributed by atoms with Crippen LogP contribution in [0, 0.1) is 32.5 Å². The number of halogens is 1. The summed E-state index contributed by atoms with van der Waals surface area (Å²) in [5, 5.41) is 6.30. The minimum atomic E-state index is -3.71. The van der Waals surface area contributed by atoms with E-state index in [0.29, 0.717) is 18.5 Å². The second kappa shape index (κ2) is 7.40. The molecule has 3 rings (SSSR count). The highest BCUT2D eigenvalue weighted by Crippen LogP contribution is 2.28. The molecule has 2 aromatic rings. The number of aryl methyl sites for hydroxylation is 3. The maximum absolute atomic E-state index is 13.9. The summed E-state index contributed by atoms with van der Waals surface area (Å²) in [6, 6.07) is 4.60. The maximum atomic E-state index is 13.9. The zero-order chi connectivity index (χ0) is 19.8. The zero-order valence-electron chi connectivity index (χ0n) is 15.5. The Morgan fingerprint density at radius 1 is 1.26 bits per heavy atom. The number of carbonyl (C=O) groups excluding carboxylic acids is 1. The number of amides is 1. The van der Waals surface area contributed by atoms with E-state index < -0.39 is 15.8 Å². The molecule has 1 aliphatic rings. The van der Waals surface area contributed by atoms with Gasteiger partial charge in [-0.15, -0.1) is 0 Å². The lowest BCUT2D eigenvalue weighted by atomic mass is 9.97. The van der Waals surface area contributed by atoms with Gasteiger partial charge in [0.1, 0.15) is 16.4 Å². The van der Waals surface area contributed by atoms with Crippen LogP contribution in [0.25, 0.3) is 0 Å². The molecule has 1 aromatic heterocycles. The first-order valence-electron chi connectivity index (χ1n) is 8.70. The van der Waals surface area contributed by atoms with Crippen molar-refractivity contribution in [3.05, 3.63) is 41.0 Å². The zero-order valence-corrected chi connectivity index (χ0v) is 16.3. The third-order valence-electron chi connectivity index (χ3n) is 4.77. The molecule has 1 aliphatic heterocycles. The van der Waals surface area contributed by atoms with Gasteiger partial charge >= 0.3 is 0 Å². The van der Waals surface area contributed by atoms with Crippen molar-refractivity contribution in [2.24, 2.45) is 5.92 Å². The molecule has 0 spiro atoms. The molecular formula is C18H22FN3O4S. The van der Waals surface area contributed by atoms with Crippen molar-refractivity contribution in [2.75, 3.05) is 18.4 Å². The van der Waals surface area contributed by atoms with E-state index in [1.54, 1.807) is 26.8 Å². The summed E-state index contributed by atoms with van der Waals surface area (Å²) in [6.45, 7) is 5.33. The van der Waals surface area contributed by atoms with Crippen molar-refractivity contribution in [3.63, 3.8) is 0 Å². The lowest BCUT2D eigenvalue weighted by Gasteiger charge is -2.30. The Morgan fingerprint density at radius 3 is 2.48 bits per heavy atom. The molecule has 1 N–H and O–H groups in total. The van der Waals surface area contributed by atoms with Gasteiger partial charge in [-0.05, 0) is 51.3 Å². The van der Waals surface area contributed by atoms with Gasteiger partial charge in [0.05, 0.1) is 5.69 Å². The van der Waals surface area contributed by atoms with Crippen LogP contribution in [0.15, 0.2) is 27.6 Å². The summed E-state index contributed by atoms with van der Waals surface area (Å²) in [5.41, 5.74) is 1.22. The molecule has 1 fully saturated rings. The summed E-state index contributed by atoms with van der Waals surface area (Å²) in [5.74, 6) is -0.905. The van der Waals surface area contributed by atoms with Gasteiger partial charge in [0.15, 0.2) is 5.76 Å². The SMILES string of the molecule is Cc1ccc(NC(=O)C2CCN(S(=O)(=O)c3c(C)noc3C)CC2)c(F)c1. The van der Waals surface area contributed by atoms with Crippen LogP contribution in [0.3, 0.4) is 0 Å². The van der Waals surface area contributed by atoms with Crippen LogP contribution in [-0.4, -0.2) is 36.9 Å². The molecule has 1 aromatic carbocycles. The van der Waals surface area contributed by atoms with Gasteiger partial charge in [-0.3, -0.25) is 4.79 Å². The number of benzene rings is 1. The van der Waals surface area contributed by atoms with E-state index in [9.17, 15) is 17.6 Å². The highest BCUT2D eigenvalue weighted by Gasteiger charge is 2.35. The fraction of sp³-hybridized carbons (Fsp3) is 0.444. The largest absolute Gasteiger partial charge is 0.360 e. The van der Waals surface area contributed by atoms with Gasteiger partial charge < -0.3 is 9.84 Å². The molecule has 0 atom stereocenters. The minimum absolute atomic E-state index is 0.0899. The number of hydrogen-bond donors (Lipinski definition) is 1. The Bertz CT molecular complexity index is 943. The number of carbonyl (C=O) groups is 1. The molecule has 0 saturated carbocycles. The second-order valence-corrected chi connectivity index (χ2v) is 8.68. The molecular weight excluding hydrogens is 373 g/mol. The number of aromatic nitrogens is 1. The number of nitrogens with zero attached hydrogens (tertiary/aromatic N) is 2. The normalized spacial score (nSPS) is 16.4. The van der Waals surface area contributed by atoms with E-state index in [1.807, 2.05) is 0 Å². The topological polar surface area (TPSA) is 92.5 Å². The lowest BCUT2D eigenvalue weighted by Crippen LogP contribution is -2.41. The Labute approximate surface area is 157 Å². The molecule has 1 saturated heterocycles. The summed E-state index contributed by atoms with van der Waals surface area (Å²) in [6.07, 6.45) is 0.726. The molecule has 9 heteroatoms. The molecule has 0 unspecified atom stereocenters. The third kappa shape index (κ3) is 3.89. The second-order valence-electron chi connectivity index (χ2n) is 6.80. The highest BCUT2D eigenvalue weighted by molar-refractivity contribution is 7.89. The first-order valence-corrected chi connectivity index (χ1v) is 10.1. The highest BCUT2D eigenvalue weighted by atomic mass is 32.2. The van der Waals surface area contributed by atoms with Crippen molar-refractivity contribution < 1.29 is 22.1 Å². The van der Waals surface area contributed by atoms with Crippen LogP contribution in [0.1, 0.15) is 29.9 Å². The van der Waals surface area contributed by atoms with E-state index in [0.717, 1.165) is 5.56 Å². The predicted molar refractivity (Wildman–Crippen MR) is 97.2 cm³/mol. The summed E-state index contributed by atoms with van der Waals surface area (Å²) >= 11 is 0. The van der Waals surface area contributed by atoms with E-state index >= 15 is 0 Å². The quantitative estimate of drug-likeness (QED) is 0.859. The smallest absolute Gasteiger partial charge is 0.248 e. The summed E-state index contributed by atoms with van der Waals surface area (Å²) in [7, 11) is -3.71. The molecule has 0 aliphatic carbocycles. The van der Waals surface area contributed by atoms with Crippen molar-refractivity contribution in [1.82, 2.24) is 9.46 Å². The lowest BCUT2D eigenvalue weighted by molar-refractivity contribution is -0.120. The summed E-state index contributed by atoms with van der Waals surface area (Å²) < 4.78 is 45.8. The first kappa shape index (κ1) is 19.5. The van der Waals surface area contributed by atoms with Crippen molar-refractivity contribution in [3.8, 4) is 0 Å². The molecule has 7 nitrogen and oxygen atoms in total. The van der Waals surface area contributed by atoms with Crippen LogP contribution in [0.5, 0.6) is 0 Å². The molecule has 146 valence electrons. The van der Waals surface area contributed by atoms with Gasteiger partial charge in [-0.1, -0.05) is 11.2 Å². The van der Waals surface area contributed by atoms with E-state index in [2.05, 4.69) is 10.5 Å². The van der Waals surface area contributed by atoms with Crippen molar-refractivity contribution in [2.45, 2.75) is 38.5 Å². The number of sulfonamides is 1. The molecule has 27 heavy (non-hydrogen) atoms. The average molecular weight is 395 g/mol. The van der Waals surface area contributed by atoms with Crippen molar-refractivity contribution >= 4 is 21.6 Å². The molecule has 2 heterocycles. The Kier molecular flexibility index (Phi) is 5.34. The molecule has 0 radical (unpaired) electrons. The maximum Gasteiger partial charge on any atom is 0.248 e. The number of hydrogen-bond acceptors (Lipinski definition) is 5. The number of piperidine rings is 1.